The molecule has 0 unspecified atom stereocenters. The topological polar surface area (TPSA) is 67.4 Å². The quantitative estimate of drug-likeness (QED) is 0.350. The molecule has 1 aliphatic carbocycles. The van der Waals surface area contributed by atoms with E-state index < -0.39 is 0 Å². The minimum atomic E-state index is 0.0702. The van der Waals surface area contributed by atoms with Crippen LogP contribution in [0.2, 0.25) is 0 Å². The number of fused-ring (bicyclic) bond motifs is 1. The van der Waals surface area contributed by atoms with Gasteiger partial charge in [-0.1, -0.05) is 10.8 Å². The number of rotatable bonds is 2. The maximum absolute atomic E-state index is 5.41. The fourth-order valence-electron chi connectivity index (χ4n) is 2.25. The fourth-order valence-corrected chi connectivity index (χ4v) is 2.25. The highest BCUT2D eigenvalue weighted by Gasteiger charge is 2.14. The number of hydrogen-bond acceptors (Lipinski definition) is 1. The molecule has 0 radical (unpaired) electrons. The number of hydrogen-bond donors (Lipinski definition) is 2. The minimum Gasteiger partial charge on any atom is -0.365 e. The molecule has 4 N–H and O–H groups in total. The highest BCUT2D eigenvalue weighted by atomic mass is 15.4. The minimum absolute atomic E-state index is 0.0702. The van der Waals surface area contributed by atoms with E-state index in [1.165, 1.54) is 30.4 Å². The lowest BCUT2D eigenvalue weighted by Crippen LogP contribution is -2.24. The van der Waals surface area contributed by atoms with Gasteiger partial charge in [-0.05, 0) is 36.8 Å². The van der Waals surface area contributed by atoms with E-state index in [1.807, 2.05) is 13.1 Å². The Morgan fingerprint density at radius 2 is 1.94 bits per heavy atom. The van der Waals surface area contributed by atoms with E-state index in [0.29, 0.717) is 0 Å². The van der Waals surface area contributed by atoms with Crippen molar-refractivity contribution in [2.45, 2.75) is 32.6 Å². The first-order valence-corrected chi connectivity index (χ1v) is 6.01. The van der Waals surface area contributed by atoms with Gasteiger partial charge in [-0.25, -0.2) is 0 Å². The Bertz CT molecular complexity index is 470. The smallest absolute Gasteiger partial charge is 0.257 e. The van der Waals surface area contributed by atoms with Gasteiger partial charge in [0, 0.05) is 24.2 Å². The summed E-state index contributed by atoms with van der Waals surface area (Å²) in [6.07, 6.45) is 6.76. The van der Waals surface area contributed by atoms with Crippen molar-refractivity contribution in [2.24, 2.45) is 16.6 Å². The monoisotopic (exact) mass is 231 g/mol. The molecule has 1 aromatic carbocycles. The Labute approximate surface area is 102 Å². The van der Waals surface area contributed by atoms with Gasteiger partial charge in [0.1, 0.15) is 0 Å². The summed E-state index contributed by atoms with van der Waals surface area (Å²) >= 11 is 0. The lowest BCUT2D eigenvalue weighted by molar-refractivity contribution is -0.441. The maximum atomic E-state index is 5.41. The Morgan fingerprint density at radius 1 is 1.24 bits per heavy atom. The highest BCUT2D eigenvalue weighted by Crippen LogP contribution is 2.25. The molecule has 4 nitrogen and oxygen atoms in total. The van der Waals surface area contributed by atoms with E-state index >= 15 is 0 Å². The summed E-state index contributed by atoms with van der Waals surface area (Å²) in [7, 11) is 0. The highest BCUT2D eigenvalue weighted by molar-refractivity contribution is 5.75. The molecular formula is C13H19N4+. The van der Waals surface area contributed by atoms with E-state index in [-0.39, 0.29) is 5.96 Å². The van der Waals surface area contributed by atoms with Crippen molar-refractivity contribution < 1.29 is 4.68 Å². The van der Waals surface area contributed by atoms with Crippen LogP contribution in [0.25, 0.3) is 0 Å². The third-order valence-electron chi connectivity index (χ3n) is 3.06. The summed E-state index contributed by atoms with van der Waals surface area (Å²) in [5.74, 6) is 0.0702. The average molecular weight is 231 g/mol. The third kappa shape index (κ3) is 2.64. The second-order valence-corrected chi connectivity index (χ2v) is 4.29. The molecule has 0 amide bonds. The van der Waals surface area contributed by atoms with Crippen LogP contribution in [0.1, 0.15) is 30.9 Å². The van der Waals surface area contributed by atoms with Crippen LogP contribution in [0.5, 0.6) is 0 Å². The van der Waals surface area contributed by atoms with Crippen LogP contribution < -0.4 is 11.5 Å². The lowest BCUT2D eigenvalue weighted by Gasteiger charge is -2.14. The van der Waals surface area contributed by atoms with Crippen LogP contribution in [0.4, 0.5) is 5.69 Å². The van der Waals surface area contributed by atoms with E-state index in [2.05, 4.69) is 23.3 Å². The van der Waals surface area contributed by atoms with Gasteiger partial charge in [0.15, 0.2) is 6.21 Å². The van der Waals surface area contributed by atoms with Gasteiger partial charge in [-0.2, -0.15) is 0 Å². The molecule has 90 valence electrons. The van der Waals surface area contributed by atoms with Gasteiger partial charge in [-0.15, -0.1) is 0 Å². The van der Waals surface area contributed by atoms with Crippen LogP contribution in [0.3, 0.4) is 0 Å². The van der Waals surface area contributed by atoms with Crippen LogP contribution in [0, 0.1) is 0 Å². The van der Waals surface area contributed by atoms with E-state index in [9.17, 15) is 0 Å². The van der Waals surface area contributed by atoms with Crippen LogP contribution in [-0.2, 0) is 12.8 Å². The molecule has 1 aliphatic rings. The first-order chi connectivity index (χ1) is 8.20. The SMILES string of the molecule is CC=[N+](N=C(N)N)c1ccc2c(c1)CCCC2. The third-order valence-corrected chi connectivity index (χ3v) is 3.06. The van der Waals surface area contributed by atoms with Crippen LogP contribution >= 0.6 is 0 Å². The predicted molar refractivity (Wildman–Crippen MR) is 70.6 cm³/mol. The first kappa shape index (κ1) is 11.6. The number of benzene rings is 1. The zero-order chi connectivity index (χ0) is 12.3. The normalized spacial score (nSPS) is 15.2. The van der Waals surface area contributed by atoms with Gasteiger partial charge in [-0.3, -0.25) is 0 Å². The van der Waals surface area contributed by atoms with Gasteiger partial charge in [0.25, 0.3) is 5.96 Å². The summed E-state index contributed by atoms with van der Waals surface area (Å²) in [5.41, 5.74) is 14.7. The molecule has 1 aromatic rings. The van der Waals surface area contributed by atoms with Gasteiger partial charge >= 0.3 is 0 Å². The van der Waals surface area contributed by atoms with E-state index in [4.69, 9.17) is 11.5 Å². The Kier molecular flexibility index (Phi) is 3.42. The maximum Gasteiger partial charge on any atom is 0.257 e. The zero-order valence-corrected chi connectivity index (χ0v) is 10.2. The Hall–Kier alpha value is -1.84. The number of aryl methyl sites for hydroxylation is 2. The van der Waals surface area contributed by atoms with Crippen molar-refractivity contribution in [1.29, 1.82) is 0 Å². The molecule has 0 fully saturated rings. The van der Waals surface area contributed by atoms with Crippen molar-refractivity contribution in [1.82, 2.24) is 0 Å². The van der Waals surface area contributed by atoms with Crippen molar-refractivity contribution in [3.63, 3.8) is 0 Å². The average Bonchev–Trinajstić information content (AvgIpc) is 2.35. The van der Waals surface area contributed by atoms with Crippen LogP contribution in [0.15, 0.2) is 23.3 Å². The Balaban J connectivity index is 2.36. The summed E-state index contributed by atoms with van der Waals surface area (Å²) in [4.78, 5) is 0. The lowest BCUT2D eigenvalue weighted by atomic mass is 9.91. The van der Waals surface area contributed by atoms with Gasteiger partial charge < -0.3 is 11.5 Å². The fraction of sp³-hybridized carbons (Fsp3) is 0.385. The second kappa shape index (κ2) is 4.99. The molecule has 0 atom stereocenters. The Morgan fingerprint density at radius 3 is 2.59 bits per heavy atom. The predicted octanol–water partition coefficient (Wildman–Crippen LogP) is 1.49. The van der Waals surface area contributed by atoms with E-state index in [0.717, 1.165) is 12.1 Å². The summed E-state index contributed by atoms with van der Waals surface area (Å²) in [5, 5.41) is 4.06. The summed E-state index contributed by atoms with van der Waals surface area (Å²) < 4.78 is 1.71. The standard InChI is InChI=1S/C13H19N4/c1-2-17(16-13(14)15)12-8-7-10-5-3-4-6-11(10)9-12/h2,7-9H,3-6H2,1H3,(H4,14,15,16)/q+1. The number of nitrogens with zero attached hydrogens (tertiary/aromatic N) is 2. The molecule has 0 heterocycles. The molecule has 0 spiro atoms. The molecule has 0 saturated heterocycles. The van der Waals surface area contributed by atoms with E-state index in [1.54, 1.807) is 4.68 Å². The van der Waals surface area contributed by atoms with Crippen molar-refractivity contribution >= 4 is 17.9 Å². The molecule has 4 heteroatoms. The van der Waals surface area contributed by atoms with Crippen LogP contribution in [-0.4, -0.2) is 16.9 Å². The van der Waals surface area contributed by atoms with Gasteiger partial charge in [0.05, 0.1) is 0 Å². The number of guanidine groups is 1. The second-order valence-electron chi connectivity index (χ2n) is 4.29. The molecule has 0 saturated carbocycles. The molecular weight excluding hydrogens is 212 g/mol. The zero-order valence-electron chi connectivity index (χ0n) is 10.2. The molecule has 2 rings (SSSR count). The van der Waals surface area contributed by atoms with Crippen molar-refractivity contribution in [2.75, 3.05) is 0 Å². The molecule has 0 bridgehead atoms. The van der Waals surface area contributed by atoms with Gasteiger partial charge in [0.2, 0.25) is 5.69 Å². The molecule has 17 heavy (non-hydrogen) atoms. The first-order valence-electron chi connectivity index (χ1n) is 6.01. The number of nitrogens with two attached hydrogens (primary N) is 2. The summed E-state index contributed by atoms with van der Waals surface area (Å²) in [6.45, 7) is 1.91. The molecule has 0 aromatic heterocycles. The molecule has 0 aliphatic heterocycles. The van der Waals surface area contributed by atoms with Crippen molar-refractivity contribution in [3.8, 4) is 0 Å². The number of hydrazone groups is 1. The van der Waals surface area contributed by atoms with Crippen molar-refractivity contribution in [3.05, 3.63) is 29.3 Å². The largest absolute Gasteiger partial charge is 0.365 e. The summed E-state index contributed by atoms with van der Waals surface area (Å²) in [6, 6.07) is 6.43.